The van der Waals surface area contributed by atoms with E-state index < -0.39 is 0 Å². The number of anilines is 1. The van der Waals surface area contributed by atoms with Crippen molar-refractivity contribution in [3.8, 4) is 0 Å². The third kappa shape index (κ3) is 2.36. The summed E-state index contributed by atoms with van der Waals surface area (Å²) in [7, 11) is 0. The van der Waals surface area contributed by atoms with Gasteiger partial charge in [-0.2, -0.15) is 0 Å². The Morgan fingerprint density at radius 3 is 2.62 bits per heavy atom. The van der Waals surface area contributed by atoms with E-state index in [1.54, 1.807) is 23.7 Å². The van der Waals surface area contributed by atoms with Gasteiger partial charge in [0.2, 0.25) is 0 Å². The first-order chi connectivity index (χ1) is 7.66. The molecule has 0 amide bonds. The van der Waals surface area contributed by atoms with Crippen molar-refractivity contribution in [1.29, 1.82) is 0 Å². The molecule has 0 radical (unpaired) electrons. The molecule has 2 aromatic heterocycles. The van der Waals surface area contributed by atoms with Crippen molar-refractivity contribution in [1.82, 2.24) is 15.0 Å². The van der Waals surface area contributed by atoms with E-state index >= 15 is 0 Å². The highest BCUT2D eigenvalue weighted by Crippen LogP contribution is 2.21. The first kappa shape index (κ1) is 11.0. The van der Waals surface area contributed by atoms with E-state index in [4.69, 9.17) is 0 Å². The molecule has 0 fully saturated rings. The van der Waals surface area contributed by atoms with Gasteiger partial charge in [0.25, 0.3) is 0 Å². The molecule has 16 heavy (non-hydrogen) atoms. The van der Waals surface area contributed by atoms with Gasteiger partial charge in [0.1, 0.15) is 10.8 Å². The molecule has 0 spiro atoms. The standard InChI is InChI=1S/C11H14N4S/c1-7-6-16-11(14-7)9(3)15-10-8(2)12-4-5-13-10/h4-6,9H,1-3H3,(H,13,15). The molecule has 0 aliphatic carbocycles. The summed E-state index contributed by atoms with van der Waals surface area (Å²) < 4.78 is 0. The van der Waals surface area contributed by atoms with Crippen LogP contribution >= 0.6 is 11.3 Å². The fourth-order valence-electron chi connectivity index (χ4n) is 1.39. The van der Waals surface area contributed by atoms with Crippen molar-refractivity contribution in [2.45, 2.75) is 26.8 Å². The van der Waals surface area contributed by atoms with Crippen LogP contribution in [-0.2, 0) is 0 Å². The molecule has 84 valence electrons. The Labute approximate surface area is 98.8 Å². The Morgan fingerprint density at radius 1 is 1.25 bits per heavy atom. The largest absolute Gasteiger partial charge is 0.360 e. The first-order valence-electron chi connectivity index (χ1n) is 5.13. The average Bonchev–Trinajstić information content (AvgIpc) is 2.68. The van der Waals surface area contributed by atoms with Crippen molar-refractivity contribution >= 4 is 17.2 Å². The van der Waals surface area contributed by atoms with Gasteiger partial charge < -0.3 is 5.32 Å². The summed E-state index contributed by atoms with van der Waals surface area (Å²) >= 11 is 1.66. The van der Waals surface area contributed by atoms with Crippen LogP contribution in [0, 0.1) is 13.8 Å². The number of aromatic nitrogens is 3. The summed E-state index contributed by atoms with van der Waals surface area (Å²) in [6.45, 7) is 6.02. The van der Waals surface area contributed by atoms with Gasteiger partial charge in [-0.15, -0.1) is 11.3 Å². The highest BCUT2D eigenvalue weighted by molar-refractivity contribution is 7.09. The van der Waals surface area contributed by atoms with E-state index in [1.807, 2.05) is 13.8 Å². The fourth-order valence-corrected chi connectivity index (χ4v) is 2.19. The van der Waals surface area contributed by atoms with E-state index in [9.17, 15) is 0 Å². The van der Waals surface area contributed by atoms with E-state index in [0.29, 0.717) is 0 Å². The number of aryl methyl sites for hydroxylation is 2. The topological polar surface area (TPSA) is 50.7 Å². The molecule has 0 aliphatic heterocycles. The van der Waals surface area contributed by atoms with Gasteiger partial charge in [-0.25, -0.2) is 9.97 Å². The second-order valence-corrected chi connectivity index (χ2v) is 4.57. The van der Waals surface area contributed by atoms with Gasteiger partial charge in [0, 0.05) is 23.5 Å². The third-order valence-electron chi connectivity index (χ3n) is 2.24. The molecule has 2 heterocycles. The van der Waals surface area contributed by atoms with Crippen molar-refractivity contribution in [2.24, 2.45) is 0 Å². The van der Waals surface area contributed by atoms with Crippen LogP contribution in [0.25, 0.3) is 0 Å². The number of thiazole rings is 1. The minimum absolute atomic E-state index is 0.161. The summed E-state index contributed by atoms with van der Waals surface area (Å²) in [6.07, 6.45) is 3.38. The van der Waals surface area contributed by atoms with Gasteiger partial charge in [-0.05, 0) is 20.8 Å². The molecule has 2 rings (SSSR count). The second-order valence-electron chi connectivity index (χ2n) is 3.68. The monoisotopic (exact) mass is 234 g/mol. The predicted octanol–water partition coefficient (Wildman–Crippen LogP) is 2.72. The number of hydrogen-bond donors (Lipinski definition) is 1. The van der Waals surface area contributed by atoms with Crippen LogP contribution in [0.1, 0.15) is 29.4 Å². The summed E-state index contributed by atoms with van der Waals surface area (Å²) in [6, 6.07) is 0.161. The van der Waals surface area contributed by atoms with E-state index in [1.165, 1.54) is 0 Å². The van der Waals surface area contributed by atoms with Gasteiger partial charge >= 0.3 is 0 Å². The first-order valence-corrected chi connectivity index (χ1v) is 6.01. The zero-order valence-electron chi connectivity index (χ0n) is 9.56. The van der Waals surface area contributed by atoms with Crippen molar-refractivity contribution < 1.29 is 0 Å². The Hall–Kier alpha value is -1.49. The van der Waals surface area contributed by atoms with Crippen LogP contribution in [0.15, 0.2) is 17.8 Å². The van der Waals surface area contributed by atoms with E-state index in [2.05, 4.69) is 32.6 Å². The highest BCUT2D eigenvalue weighted by atomic mass is 32.1. The lowest BCUT2D eigenvalue weighted by Crippen LogP contribution is -2.09. The van der Waals surface area contributed by atoms with Crippen LogP contribution in [0.3, 0.4) is 0 Å². The summed E-state index contributed by atoms with van der Waals surface area (Å²) in [5.41, 5.74) is 1.96. The molecule has 2 aromatic rings. The van der Waals surface area contributed by atoms with Crippen LogP contribution in [0.4, 0.5) is 5.82 Å². The average molecular weight is 234 g/mol. The molecular weight excluding hydrogens is 220 g/mol. The van der Waals surface area contributed by atoms with Gasteiger partial charge in [0.05, 0.1) is 11.7 Å². The summed E-state index contributed by atoms with van der Waals surface area (Å²) in [4.78, 5) is 12.9. The Bertz CT molecular complexity index is 480. The minimum atomic E-state index is 0.161. The molecule has 0 aliphatic rings. The minimum Gasteiger partial charge on any atom is -0.360 e. The van der Waals surface area contributed by atoms with Crippen LogP contribution in [0.5, 0.6) is 0 Å². The lowest BCUT2D eigenvalue weighted by Gasteiger charge is -2.12. The molecule has 0 saturated heterocycles. The van der Waals surface area contributed by atoms with Crippen molar-refractivity contribution in [2.75, 3.05) is 5.32 Å². The smallest absolute Gasteiger partial charge is 0.147 e. The lowest BCUT2D eigenvalue weighted by molar-refractivity contribution is 0.848. The Balaban J connectivity index is 2.13. The number of nitrogens with zero attached hydrogens (tertiary/aromatic N) is 3. The highest BCUT2D eigenvalue weighted by Gasteiger charge is 2.11. The fraction of sp³-hybridized carbons (Fsp3) is 0.364. The third-order valence-corrected chi connectivity index (χ3v) is 3.39. The molecule has 1 N–H and O–H groups in total. The summed E-state index contributed by atoms with van der Waals surface area (Å²) in [5, 5.41) is 6.44. The van der Waals surface area contributed by atoms with Crippen LogP contribution < -0.4 is 5.32 Å². The maximum absolute atomic E-state index is 4.44. The molecular formula is C11H14N4S. The maximum Gasteiger partial charge on any atom is 0.147 e. The molecule has 0 saturated carbocycles. The zero-order valence-corrected chi connectivity index (χ0v) is 10.4. The van der Waals surface area contributed by atoms with E-state index in [0.717, 1.165) is 22.2 Å². The van der Waals surface area contributed by atoms with Crippen molar-refractivity contribution in [3.05, 3.63) is 34.2 Å². The summed E-state index contributed by atoms with van der Waals surface area (Å²) in [5.74, 6) is 0.822. The molecule has 4 nitrogen and oxygen atoms in total. The van der Waals surface area contributed by atoms with Gasteiger partial charge in [-0.1, -0.05) is 0 Å². The molecule has 0 aromatic carbocycles. The molecule has 0 bridgehead atoms. The zero-order chi connectivity index (χ0) is 11.5. The number of nitrogens with one attached hydrogen (secondary N) is 1. The van der Waals surface area contributed by atoms with Crippen molar-refractivity contribution in [3.63, 3.8) is 0 Å². The van der Waals surface area contributed by atoms with Crippen LogP contribution in [-0.4, -0.2) is 15.0 Å². The maximum atomic E-state index is 4.44. The quantitative estimate of drug-likeness (QED) is 0.887. The Morgan fingerprint density at radius 2 is 2.00 bits per heavy atom. The van der Waals surface area contributed by atoms with Gasteiger partial charge in [0.15, 0.2) is 0 Å². The molecule has 1 unspecified atom stereocenters. The van der Waals surface area contributed by atoms with Crippen LogP contribution in [0.2, 0.25) is 0 Å². The lowest BCUT2D eigenvalue weighted by atomic mass is 10.3. The molecule has 5 heteroatoms. The van der Waals surface area contributed by atoms with Gasteiger partial charge in [-0.3, -0.25) is 4.98 Å². The molecule has 1 atom stereocenters. The SMILES string of the molecule is Cc1csc(C(C)Nc2nccnc2C)n1. The number of hydrogen-bond acceptors (Lipinski definition) is 5. The second kappa shape index (κ2) is 4.57. The normalized spacial score (nSPS) is 12.4. The predicted molar refractivity (Wildman–Crippen MR) is 65.7 cm³/mol. The Kier molecular flexibility index (Phi) is 3.14. The van der Waals surface area contributed by atoms with E-state index in [-0.39, 0.29) is 6.04 Å². The number of rotatable bonds is 3.